The Labute approximate surface area is 143 Å². The van der Waals surface area contributed by atoms with E-state index in [0.29, 0.717) is 33.3 Å². The van der Waals surface area contributed by atoms with Gasteiger partial charge in [-0.25, -0.2) is 0 Å². The highest BCUT2D eigenvalue weighted by molar-refractivity contribution is 6.30. The molecule has 5 nitrogen and oxygen atoms in total. The standard InChI is InChI=1S/C18H14ClNO4/c1-23-13-7-12(8-14(9-13)24-2)20-16-15(17(21)18(16)22)10-3-5-11(19)6-4-10/h3-9,20H,1-2H3. The van der Waals surface area contributed by atoms with E-state index in [1.807, 2.05) is 0 Å². The molecule has 3 rings (SSSR count). The highest BCUT2D eigenvalue weighted by atomic mass is 35.5. The van der Waals surface area contributed by atoms with Gasteiger partial charge in [0.05, 0.1) is 19.8 Å². The molecule has 0 aliphatic rings. The fourth-order valence-electron chi connectivity index (χ4n) is 2.43. The summed E-state index contributed by atoms with van der Waals surface area (Å²) in [6.45, 7) is 0. The minimum atomic E-state index is -0.554. The molecule has 1 N–H and O–H groups in total. The molecule has 0 aliphatic carbocycles. The smallest absolute Gasteiger partial charge is 0.250 e. The average molecular weight is 344 g/mol. The third kappa shape index (κ3) is 2.86. The molecule has 0 atom stereocenters. The molecule has 24 heavy (non-hydrogen) atoms. The minimum Gasteiger partial charge on any atom is -0.497 e. The number of methoxy groups -OCH3 is 2. The van der Waals surface area contributed by atoms with E-state index in [4.69, 9.17) is 21.1 Å². The van der Waals surface area contributed by atoms with Crippen molar-refractivity contribution < 1.29 is 9.47 Å². The van der Waals surface area contributed by atoms with Crippen molar-refractivity contribution >= 4 is 23.0 Å². The van der Waals surface area contributed by atoms with Crippen LogP contribution in [0.1, 0.15) is 0 Å². The second-order valence-electron chi connectivity index (χ2n) is 5.14. The number of hydrogen-bond donors (Lipinski definition) is 1. The van der Waals surface area contributed by atoms with Crippen LogP contribution in [0.25, 0.3) is 11.1 Å². The van der Waals surface area contributed by atoms with Gasteiger partial charge in [-0.3, -0.25) is 9.59 Å². The van der Waals surface area contributed by atoms with Crippen LogP contribution in [0.2, 0.25) is 5.02 Å². The topological polar surface area (TPSA) is 64.6 Å². The van der Waals surface area contributed by atoms with E-state index < -0.39 is 10.9 Å². The number of halogens is 1. The van der Waals surface area contributed by atoms with Gasteiger partial charge in [0.25, 0.3) is 5.43 Å². The molecule has 3 aromatic carbocycles. The molecule has 0 saturated carbocycles. The van der Waals surface area contributed by atoms with Crippen molar-refractivity contribution in [1.82, 2.24) is 0 Å². The first-order valence-corrected chi connectivity index (χ1v) is 7.50. The van der Waals surface area contributed by atoms with E-state index in [0.717, 1.165) is 0 Å². The van der Waals surface area contributed by atoms with Crippen LogP contribution in [0.3, 0.4) is 0 Å². The normalized spacial score (nSPS) is 10.6. The summed E-state index contributed by atoms with van der Waals surface area (Å²) in [5, 5.41) is 3.55. The van der Waals surface area contributed by atoms with Gasteiger partial charge in [0.15, 0.2) is 0 Å². The molecule has 0 aliphatic heterocycles. The van der Waals surface area contributed by atoms with Crippen LogP contribution < -0.4 is 25.6 Å². The number of benzene rings is 2. The maximum absolute atomic E-state index is 12.0. The zero-order valence-corrected chi connectivity index (χ0v) is 13.8. The van der Waals surface area contributed by atoms with Gasteiger partial charge in [-0.2, -0.15) is 0 Å². The summed E-state index contributed by atoms with van der Waals surface area (Å²) in [5.41, 5.74) is 0.752. The van der Waals surface area contributed by atoms with Gasteiger partial charge in [0, 0.05) is 28.9 Å². The van der Waals surface area contributed by atoms with Crippen molar-refractivity contribution in [3.05, 3.63) is 67.9 Å². The van der Waals surface area contributed by atoms with Crippen LogP contribution in [-0.2, 0) is 0 Å². The monoisotopic (exact) mass is 343 g/mol. The summed E-state index contributed by atoms with van der Waals surface area (Å²) in [5.74, 6) is 1.15. The Morgan fingerprint density at radius 1 is 0.875 bits per heavy atom. The number of hydrogen-bond acceptors (Lipinski definition) is 5. The van der Waals surface area contributed by atoms with Gasteiger partial charge in [-0.15, -0.1) is 0 Å². The largest absolute Gasteiger partial charge is 0.497 e. The first kappa shape index (κ1) is 16.1. The Balaban J connectivity index is 2.00. The maximum atomic E-state index is 12.0. The van der Waals surface area contributed by atoms with Crippen LogP contribution in [0.15, 0.2) is 52.1 Å². The lowest BCUT2D eigenvalue weighted by molar-refractivity contribution is 0.395. The van der Waals surface area contributed by atoms with Gasteiger partial charge < -0.3 is 14.8 Å². The van der Waals surface area contributed by atoms with E-state index >= 15 is 0 Å². The van der Waals surface area contributed by atoms with Gasteiger partial charge >= 0.3 is 0 Å². The lowest BCUT2D eigenvalue weighted by atomic mass is 9.98. The predicted molar refractivity (Wildman–Crippen MR) is 94.6 cm³/mol. The summed E-state index contributed by atoms with van der Waals surface area (Å²) >= 11 is 5.86. The van der Waals surface area contributed by atoms with E-state index in [9.17, 15) is 9.59 Å². The molecule has 0 heterocycles. The summed E-state index contributed by atoms with van der Waals surface area (Å²) in [4.78, 5) is 23.9. The number of rotatable bonds is 5. The Hall–Kier alpha value is -2.79. The Morgan fingerprint density at radius 2 is 1.46 bits per heavy atom. The Kier molecular flexibility index (Phi) is 4.27. The minimum absolute atomic E-state index is 0.248. The van der Waals surface area contributed by atoms with Gasteiger partial charge in [0.1, 0.15) is 17.2 Å². The predicted octanol–water partition coefficient (Wildman–Crippen LogP) is 3.36. The second kappa shape index (κ2) is 6.37. The van der Waals surface area contributed by atoms with Crippen LogP contribution in [0.4, 0.5) is 11.4 Å². The van der Waals surface area contributed by atoms with Crippen molar-refractivity contribution in [1.29, 1.82) is 0 Å². The van der Waals surface area contributed by atoms with E-state index in [2.05, 4.69) is 5.32 Å². The number of nitrogens with one attached hydrogen (secondary N) is 1. The van der Waals surface area contributed by atoms with Crippen molar-refractivity contribution in [3.63, 3.8) is 0 Å². The third-order valence-electron chi connectivity index (χ3n) is 3.66. The summed E-state index contributed by atoms with van der Waals surface area (Å²) < 4.78 is 10.4. The highest BCUT2D eigenvalue weighted by Crippen LogP contribution is 2.31. The van der Waals surface area contributed by atoms with E-state index in [1.54, 1.807) is 42.5 Å². The van der Waals surface area contributed by atoms with Crippen LogP contribution >= 0.6 is 11.6 Å². The van der Waals surface area contributed by atoms with Gasteiger partial charge in [-0.1, -0.05) is 23.7 Å². The molecule has 0 amide bonds. The molecule has 0 fully saturated rings. The molecule has 6 heteroatoms. The molecule has 0 bridgehead atoms. The number of ether oxygens (including phenoxy) is 2. The zero-order valence-electron chi connectivity index (χ0n) is 13.1. The summed E-state index contributed by atoms with van der Waals surface area (Å²) in [6.07, 6.45) is 0. The first-order chi connectivity index (χ1) is 11.5. The first-order valence-electron chi connectivity index (χ1n) is 7.13. The molecular weight excluding hydrogens is 330 g/mol. The quantitative estimate of drug-likeness (QED) is 0.720. The average Bonchev–Trinajstić information content (AvgIpc) is 2.62. The zero-order chi connectivity index (χ0) is 17.3. The SMILES string of the molecule is COc1cc(Nc2c(-c3ccc(Cl)cc3)c(=O)c2=O)cc(OC)c1. The molecule has 3 aromatic rings. The Morgan fingerprint density at radius 3 is 2.00 bits per heavy atom. The molecule has 0 unspecified atom stereocenters. The number of anilines is 2. The second-order valence-corrected chi connectivity index (χ2v) is 5.58. The van der Waals surface area contributed by atoms with E-state index in [-0.39, 0.29) is 5.69 Å². The van der Waals surface area contributed by atoms with Crippen molar-refractivity contribution in [2.45, 2.75) is 0 Å². The molecular formula is C18H14ClNO4. The fourth-order valence-corrected chi connectivity index (χ4v) is 2.55. The van der Waals surface area contributed by atoms with Crippen LogP contribution in [-0.4, -0.2) is 14.2 Å². The lowest BCUT2D eigenvalue weighted by Crippen LogP contribution is -2.35. The molecule has 0 radical (unpaired) electrons. The van der Waals surface area contributed by atoms with E-state index in [1.165, 1.54) is 14.2 Å². The lowest BCUT2D eigenvalue weighted by Gasteiger charge is -2.15. The van der Waals surface area contributed by atoms with Gasteiger partial charge in [0.2, 0.25) is 5.43 Å². The maximum Gasteiger partial charge on any atom is 0.250 e. The molecule has 0 aromatic heterocycles. The van der Waals surface area contributed by atoms with Crippen molar-refractivity contribution in [3.8, 4) is 22.6 Å². The summed E-state index contributed by atoms with van der Waals surface area (Å²) in [6, 6.07) is 11.9. The van der Waals surface area contributed by atoms with Crippen molar-refractivity contribution in [2.24, 2.45) is 0 Å². The molecule has 0 saturated heterocycles. The van der Waals surface area contributed by atoms with Gasteiger partial charge in [-0.05, 0) is 17.7 Å². The Bertz CT molecular complexity index is 934. The van der Waals surface area contributed by atoms with Crippen LogP contribution in [0.5, 0.6) is 11.5 Å². The third-order valence-corrected chi connectivity index (χ3v) is 3.92. The summed E-state index contributed by atoms with van der Waals surface area (Å²) in [7, 11) is 3.07. The highest BCUT2D eigenvalue weighted by Gasteiger charge is 2.22. The molecule has 122 valence electrons. The van der Waals surface area contributed by atoms with Crippen molar-refractivity contribution in [2.75, 3.05) is 19.5 Å². The van der Waals surface area contributed by atoms with Crippen LogP contribution in [0, 0.1) is 0 Å². The fraction of sp³-hybridized carbons (Fsp3) is 0.111. The molecule has 0 spiro atoms.